The van der Waals surface area contributed by atoms with Crippen molar-refractivity contribution in [1.82, 2.24) is 5.32 Å². The Morgan fingerprint density at radius 3 is 2.61 bits per heavy atom. The van der Waals surface area contributed by atoms with Crippen LogP contribution in [0, 0.1) is 11.3 Å². The number of nitriles is 1. The third-order valence-electron chi connectivity index (χ3n) is 2.75. The highest BCUT2D eigenvalue weighted by Gasteiger charge is 2.03. The summed E-state index contributed by atoms with van der Waals surface area (Å²) >= 11 is 0. The lowest BCUT2D eigenvalue weighted by Crippen LogP contribution is -2.28. The quantitative estimate of drug-likeness (QED) is 0.808. The number of rotatable bonds is 6. The number of hydrogen-bond acceptors (Lipinski definition) is 3. The van der Waals surface area contributed by atoms with Gasteiger partial charge in [-0.05, 0) is 37.6 Å². The van der Waals surface area contributed by atoms with E-state index < -0.39 is 0 Å². The monoisotopic (exact) mass is 245 g/mol. The minimum atomic E-state index is -0.0180. The molecule has 0 radical (unpaired) electrons. The Balaban J connectivity index is 2.33. The van der Waals surface area contributed by atoms with E-state index in [4.69, 9.17) is 5.26 Å². The molecule has 0 saturated carbocycles. The standard InChI is InChI=1S/C14H19N3O/c1-3-11(2)16-9-8-14(18)17-13-6-4-12(10-15)5-7-13/h4-7,11,16H,3,8-9H2,1-2H3,(H,17,18). The summed E-state index contributed by atoms with van der Waals surface area (Å²) in [6.45, 7) is 4.88. The Morgan fingerprint density at radius 2 is 2.06 bits per heavy atom. The van der Waals surface area contributed by atoms with Gasteiger partial charge >= 0.3 is 0 Å². The summed E-state index contributed by atoms with van der Waals surface area (Å²) in [6.07, 6.45) is 1.50. The molecule has 0 saturated heterocycles. The molecule has 0 fully saturated rings. The van der Waals surface area contributed by atoms with Crippen LogP contribution in [0.1, 0.15) is 32.3 Å². The predicted molar refractivity (Wildman–Crippen MR) is 72.2 cm³/mol. The maximum Gasteiger partial charge on any atom is 0.225 e. The summed E-state index contributed by atoms with van der Waals surface area (Å²) < 4.78 is 0. The van der Waals surface area contributed by atoms with Gasteiger partial charge in [0.2, 0.25) is 5.91 Å². The fourth-order valence-electron chi connectivity index (χ4n) is 1.43. The van der Waals surface area contributed by atoms with Crippen LogP contribution in [0.4, 0.5) is 5.69 Å². The number of benzene rings is 1. The summed E-state index contributed by atoms with van der Waals surface area (Å²) in [5, 5.41) is 14.7. The molecule has 96 valence electrons. The number of anilines is 1. The number of hydrogen-bond donors (Lipinski definition) is 2. The molecule has 0 aliphatic carbocycles. The highest BCUT2D eigenvalue weighted by Crippen LogP contribution is 2.08. The van der Waals surface area contributed by atoms with Crippen LogP contribution in [0.2, 0.25) is 0 Å². The minimum Gasteiger partial charge on any atom is -0.326 e. The van der Waals surface area contributed by atoms with E-state index >= 15 is 0 Å². The predicted octanol–water partition coefficient (Wildman–Crippen LogP) is 2.27. The van der Waals surface area contributed by atoms with Gasteiger partial charge < -0.3 is 10.6 Å². The van der Waals surface area contributed by atoms with Crippen LogP contribution in [-0.2, 0) is 4.79 Å². The van der Waals surface area contributed by atoms with Crippen molar-refractivity contribution in [2.45, 2.75) is 32.7 Å². The third kappa shape index (κ3) is 4.98. The molecule has 1 aromatic rings. The zero-order valence-electron chi connectivity index (χ0n) is 10.9. The molecule has 0 aliphatic rings. The van der Waals surface area contributed by atoms with Crippen molar-refractivity contribution >= 4 is 11.6 Å². The average molecular weight is 245 g/mol. The summed E-state index contributed by atoms with van der Waals surface area (Å²) in [5.74, 6) is -0.0180. The van der Waals surface area contributed by atoms with Gasteiger partial charge in [-0.15, -0.1) is 0 Å². The molecule has 1 rings (SSSR count). The van der Waals surface area contributed by atoms with Gasteiger partial charge in [0.05, 0.1) is 11.6 Å². The summed E-state index contributed by atoms with van der Waals surface area (Å²) in [5.41, 5.74) is 1.31. The first-order valence-electron chi connectivity index (χ1n) is 6.19. The fraction of sp³-hybridized carbons (Fsp3) is 0.429. The Hall–Kier alpha value is -1.86. The van der Waals surface area contributed by atoms with Crippen LogP contribution in [0.5, 0.6) is 0 Å². The van der Waals surface area contributed by atoms with E-state index in [1.54, 1.807) is 24.3 Å². The molecule has 4 heteroatoms. The normalized spacial score (nSPS) is 11.6. The maximum absolute atomic E-state index is 11.6. The topological polar surface area (TPSA) is 64.9 Å². The van der Waals surface area contributed by atoms with Gasteiger partial charge in [-0.2, -0.15) is 5.26 Å². The van der Waals surface area contributed by atoms with Gasteiger partial charge in [0.1, 0.15) is 0 Å². The van der Waals surface area contributed by atoms with Crippen LogP contribution in [-0.4, -0.2) is 18.5 Å². The number of nitrogens with zero attached hydrogens (tertiary/aromatic N) is 1. The highest BCUT2D eigenvalue weighted by molar-refractivity contribution is 5.90. The van der Waals surface area contributed by atoms with Crippen LogP contribution in [0.25, 0.3) is 0 Å². The lowest BCUT2D eigenvalue weighted by Gasteiger charge is -2.11. The zero-order chi connectivity index (χ0) is 13.4. The molecule has 1 atom stereocenters. The highest BCUT2D eigenvalue weighted by atomic mass is 16.1. The molecule has 0 aliphatic heterocycles. The molecule has 0 bridgehead atoms. The largest absolute Gasteiger partial charge is 0.326 e. The molecule has 4 nitrogen and oxygen atoms in total. The van der Waals surface area contributed by atoms with Crippen molar-refractivity contribution in [1.29, 1.82) is 5.26 Å². The van der Waals surface area contributed by atoms with Crippen molar-refractivity contribution < 1.29 is 4.79 Å². The average Bonchev–Trinajstić information content (AvgIpc) is 2.39. The molecule has 0 spiro atoms. The molecule has 0 aromatic heterocycles. The minimum absolute atomic E-state index is 0.0180. The van der Waals surface area contributed by atoms with Gasteiger partial charge in [0.25, 0.3) is 0 Å². The van der Waals surface area contributed by atoms with E-state index in [-0.39, 0.29) is 5.91 Å². The van der Waals surface area contributed by atoms with E-state index in [1.807, 2.05) is 6.07 Å². The lowest BCUT2D eigenvalue weighted by atomic mass is 10.2. The van der Waals surface area contributed by atoms with Crippen molar-refractivity contribution in [3.8, 4) is 6.07 Å². The zero-order valence-corrected chi connectivity index (χ0v) is 10.9. The molecule has 1 unspecified atom stereocenters. The first kappa shape index (κ1) is 14.2. The third-order valence-corrected chi connectivity index (χ3v) is 2.75. The van der Waals surface area contributed by atoms with Crippen LogP contribution in [0.15, 0.2) is 24.3 Å². The fourth-order valence-corrected chi connectivity index (χ4v) is 1.43. The number of carbonyl (C=O) groups excluding carboxylic acids is 1. The van der Waals surface area contributed by atoms with Gasteiger partial charge in [0.15, 0.2) is 0 Å². The Labute approximate surface area is 108 Å². The lowest BCUT2D eigenvalue weighted by molar-refractivity contribution is -0.116. The summed E-state index contributed by atoms with van der Waals surface area (Å²) in [6, 6.07) is 9.32. The van der Waals surface area contributed by atoms with Gasteiger partial charge in [-0.1, -0.05) is 6.92 Å². The molecule has 0 heterocycles. The first-order chi connectivity index (χ1) is 8.65. The van der Waals surface area contributed by atoms with Crippen LogP contribution >= 0.6 is 0 Å². The van der Waals surface area contributed by atoms with E-state index in [1.165, 1.54) is 0 Å². The van der Waals surface area contributed by atoms with Crippen molar-refractivity contribution in [3.05, 3.63) is 29.8 Å². The number of amides is 1. The van der Waals surface area contributed by atoms with Crippen molar-refractivity contribution in [2.24, 2.45) is 0 Å². The van der Waals surface area contributed by atoms with Crippen LogP contribution in [0.3, 0.4) is 0 Å². The van der Waals surface area contributed by atoms with Gasteiger partial charge in [-0.3, -0.25) is 4.79 Å². The Kier molecular flexibility index (Phi) is 5.89. The smallest absolute Gasteiger partial charge is 0.225 e. The van der Waals surface area contributed by atoms with Crippen molar-refractivity contribution in [2.75, 3.05) is 11.9 Å². The molecule has 2 N–H and O–H groups in total. The second-order valence-corrected chi connectivity index (χ2v) is 4.25. The second-order valence-electron chi connectivity index (χ2n) is 4.25. The van der Waals surface area contributed by atoms with E-state index in [0.29, 0.717) is 24.6 Å². The van der Waals surface area contributed by atoms with E-state index in [2.05, 4.69) is 24.5 Å². The second kappa shape index (κ2) is 7.46. The van der Waals surface area contributed by atoms with Crippen molar-refractivity contribution in [3.63, 3.8) is 0 Å². The SMILES string of the molecule is CCC(C)NCCC(=O)Nc1ccc(C#N)cc1. The summed E-state index contributed by atoms with van der Waals surface area (Å²) in [7, 11) is 0. The number of nitrogens with one attached hydrogen (secondary N) is 2. The Bertz CT molecular complexity index is 420. The first-order valence-corrected chi connectivity index (χ1v) is 6.19. The van der Waals surface area contributed by atoms with Gasteiger partial charge in [0, 0.05) is 24.7 Å². The molecular weight excluding hydrogens is 226 g/mol. The molecule has 1 amide bonds. The Morgan fingerprint density at radius 1 is 1.39 bits per heavy atom. The summed E-state index contributed by atoms with van der Waals surface area (Å²) in [4.78, 5) is 11.6. The maximum atomic E-state index is 11.6. The molecular formula is C14H19N3O. The molecule has 1 aromatic carbocycles. The van der Waals surface area contributed by atoms with Gasteiger partial charge in [-0.25, -0.2) is 0 Å². The molecule has 18 heavy (non-hydrogen) atoms. The van der Waals surface area contributed by atoms with E-state index in [0.717, 1.165) is 12.1 Å². The van der Waals surface area contributed by atoms with E-state index in [9.17, 15) is 4.79 Å². The van der Waals surface area contributed by atoms with Crippen LogP contribution < -0.4 is 10.6 Å². The number of carbonyl (C=O) groups is 1.